The third-order valence-electron chi connectivity index (χ3n) is 9.41. The predicted molar refractivity (Wildman–Crippen MR) is 218 cm³/mol. The molecule has 306 valence electrons. The summed E-state index contributed by atoms with van der Waals surface area (Å²) in [5.41, 5.74) is 0.478. The summed E-state index contributed by atoms with van der Waals surface area (Å²) >= 11 is 0. The molecule has 4 aromatic rings. The zero-order valence-corrected chi connectivity index (χ0v) is 33.6. The number of ether oxygens (including phenoxy) is 3. The van der Waals surface area contributed by atoms with E-state index in [1.54, 1.807) is 0 Å². The van der Waals surface area contributed by atoms with Crippen molar-refractivity contribution in [2.75, 3.05) is 0 Å². The largest absolute Gasteiger partial charge is 0.507 e. The minimum atomic E-state index is -0.406. The van der Waals surface area contributed by atoms with Crippen molar-refractivity contribution in [2.45, 2.75) is 136 Å². The van der Waals surface area contributed by atoms with E-state index in [4.69, 9.17) is 14.2 Å². The molecule has 0 aliphatic rings. The van der Waals surface area contributed by atoms with Gasteiger partial charge in [-0.15, -0.1) is 0 Å². The average Bonchev–Trinajstić information content (AvgIpc) is 3.17. The highest BCUT2D eigenvalue weighted by Gasteiger charge is 2.20. The van der Waals surface area contributed by atoms with Crippen LogP contribution < -0.4 is 14.2 Å². The summed E-state index contributed by atoms with van der Waals surface area (Å²) in [7, 11) is 0. The zero-order chi connectivity index (χ0) is 41.0. The van der Waals surface area contributed by atoms with Gasteiger partial charge >= 0.3 is 17.9 Å². The van der Waals surface area contributed by atoms with E-state index in [0.717, 1.165) is 77.0 Å². The number of nitrogens with zero attached hydrogens (tertiary/aromatic N) is 3. The van der Waals surface area contributed by atoms with Gasteiger partial charge in [-0.25, -0.2) is 15.0 Å². The highest BCUT2D eigenvalue weighted by Crippen LogP contribution is 2.38. The number of esters is 3. The van der Waals surface area contributed by atoms with Gasteiger partial charge in [-0.2, -0.15) is 0 Å². The summed E-state index contributed by atoms with van der Waals surface area (Å²) in [5, 5.41) is 33.4. The Morgan fingerprint density at radius 2 is 0.684 bits per heavy atom. The number of aromatic nitrogens is 3. The molecule has 0 atom stereocenters. The minimum Gasteiger partial charge on any atom is -0.507 e. The van der Waals surface area contributed by atoms with Crippen molar-refractivity contribution in [1.82, 2.24) is 15.0 Å². The molecule has 0 bridgehead atoms. The van der Waals surface area contributed by atoms with Gasteiger partial charge < -0.3 is 29.5 Å². The quantitative estimate of drug-likeness (QED) is 0.0348. The fraction of sp³-hybridized carbons (Fsp3) is 0.467. The van der Waals surface area contributed by atoms with E-state index in [9.17, 15) is 29.7 Å². The molecule has 0 aliphatic heterocycles. The second kappa shape index (κ2) is 23.5. The minimum absolute atomic E-state index is 0.0164. The highest BCUT2D eigenvalue weighted by molar-refractivity contribution is 5.78. The van der Waals surface area contributed by atoms with Crippen molar-refractivity contribution >= 4 is 17.9 Å². The maximum absolute atomic E-state index is 12.5. The van der Waals surface area contributed by atoms with Gasteiger partial charge in [0.05, 0.1) is 16.7 Å². The van der Waals surface area contributed by atoms with Crippen molar-refractivity contribution in [3.8, 4) is 68.7 Å². The topological polar surface area (TPSA) is 178 Å². The lowest BCUT2D eigenvalue weighted by atomic mass is 10.1. The van der Waals surface area contributed by atoms with Crippen LogP contribution in [0.3, 0.4) is 0 Å². The first-order chi connectivity index (χ1) is 27.6. The van der Waals surface area contributed by atoms with Gasteiger partial charge in [0.25, 0.3) is 0 Å². The first-order valence-corrected chi connectivity index (χ1v) is 20.5. The number of aromatic hydroxyl groups is 3. The second-order valence-electron chi connectivity index (χ2n) is 14.3. The Morgan fingerprint density at radius 3 is 0.930 bits per heavy atom. The lowest BCUT2D eigenvalue weighted by Crippen LogP contribution is -2.08. The van der Waals surface area contributed by atoms with Gasteiger partial charge in [0.1, 0.15) is 34.5 Å². The third kappa shape index (κ3) is 14.5. The Bertz CT molecular complexity index is 1700. The van der Waals surface area contributed by atoms with E-state index in [1.165, 1.54) is 54.6 Å². The van der Waals surface area contributed by atoms with Crippen molar-refractivity contribution in [3.63, 3.8) is 0 Å². The number of phenols is 3. The lowest BCUT2D eigenvalue weighted by Gasteiger charge is -2.13. The average molecular weight is 784 g/mol. The van der Waals surface area contributed by atoms with Gasteiger partial charge in [0, 0.05) is 37.5 Å². The SMILES string of the molecule is CCCCCCCC(=O)Oc1ccc(-c2nc(-c3ccc(OC(=O)CCCCCCC)cc3O)nc(-c3ccc(OC(=O)CCCCCCC)cc3O)n2)c(O)c1. The van der Waals surface area contributed by atoms with Crippen molar-refractivity contribution in [2.24, 2.45) is 0 Å². The van der Waals surface area contributed by atoms with Crippen LogP contribution in [0.4, 0.5) is 0 Å². The number of hydrogen-bond acceptors (Lipinski definition) is 12. The van der Waals surface area contributed by atoms with Crippen LogP contribution in [0.1, 0.15) is 136 Å². The lowest BCUT2D eigenvalue weighted by molar-refractivity contribution is -0.135. The fourth-order valence-electron chi connectivity index (χ4n) is 6.20. The van der Waals surface area contributed by atoms with E-state index in [-0.39, 0.29) is 87.9 Å². The molecule has 0 spiro atoms. The van der Waals surface area contributed by atoms with E-state index in [0.29, 0.717) is 19.3 Å². The summed E-state index contributed by atoms with van der Waals surface area (Å²) in [5.74, 6) is -1.67. The number of hydrogen-bond donors (Lipinski definition) is 3. The standard InChI is InChI=1S/C45H57N3O9/c1-4-7-10-13-16-19-40(52)55-31-22-25-34(37(49)28-31)43-46-44(35-26-23-32(29-38(35)50)56-41(53)20-17-14-11-8-5-2)48-45(47-43)36-27-24-33(30-39(36)51)57-42(54)21-18-15-12-9-6-3/h22-30,49-51H,4-21H2,1-3H3. The molecule has 0 amide bonds. The molecule has 1 heterocycles. The molecule has 3 aromatic carbocycles. The molecule has 12 heteroatoms. The highest BCUT2D eigenvalue weighted by atomic mass is 16.5. The van der Waals surface area contributed by atoms with Crippen LogP contribution in [0, 0.1) is 0 Å². The molecule has 0 radical (unpaired) electrons. The molecule has 0 saturated carbocycles. The molecule has 4 rings (SSSR count). The molecule has 57 heavy (non-hydrogen) atoms. The summed E-state index contributed by atoms with van der Waals surface area (Å²) in [6.45, 7) is 6.38. The smallest absolute Gasteiger partial charge is 0.311 e. The molecule has 3 N–H and O–H groups in total. The van der Waals surface area contributed by atoms with E-state index < -0.39 is 17.9 Å². The zero-order valence-electron chi connectivity index (χ0n) is 33.6. The molecule has 0 aliphatic carbocycles. The normalized spacial score (nSPS) is 11.0. The van der Waals surface area contributed by atoms with Gasteiger partial charge in [0.2, 0.25) is 0 Å². The first-order valence-electron chi connectivity index (χ1n) is 20.5. The Labute approximate surface area is 335 Å². The van der Waals surface area contributed by atoms with Crippen LogP contribution in [0.5, 0.6) is 34.5 Å². The van der Waals surface area contributed by atoms with Gasteiger partial charge in [-0.05, 0) is 55.7 Å². The Hall–Kier alpha value is -5.52. The number of benzene rings is 3. The monoisotopic (exact) mass is 783 g/mol. The van der Waals surface area contributed by atoms with Crippen molar-refractivity contribution < 1.29 is 43.9 Å². The number of carbonyl (C=O) groups is 3. The van der Waals surface area contributed by atoms with Crippen LogP contribution >= 0.6 is 0 Å². The third-order valence-corrected chi connectivity index (χ3v) is 9.41. The first kappa shape index (κ1) is 44.2. The van der Waals surface area contributed by atoms with Gasteiger partial charge in [-0.1, -0.05) is 97.8 Å². The molecule has 12 nitrogen and oxygen atoms in total. The van der Waals surface area contributed by atoms with E-state index in [2.05, 4.69) is 35.7 Å². The molecule has 0 fully saturated rings. The maximum atomic E-state index is 12.5. The van der Waals surface area contributed by atoms with Crippen LogP contribution in [-0.4, -0.2) is 48.2 Å². The molecule has 1 aromatic heterocycles. The van der Waals surface area contributed by atoms with Crippen LogP contribution in [0.2, 0.25) is 0 Å². The van der Waals surface area contributed by atoms with Crippen LogP contribution in [0.15, 0.2) is 54.6 Å². The maximum Gasteiger partial charge on any atom is 0.311 e. The summed E-state index contributed by atoms with van der Waals surface area (Å²) in [6.07, 6.45) is 15.5. The molecular weight excluding hydrogens is 727 g/mol. The number of unbranched alkanes of at least 4 members (excludes halogenated alkanes) is 12. The van der Waals surface area contributed by atoms with E-state index in [1.807, 2.05) is 0 Å². The second-order valence-corrected chi connectivity index (χ2v) is 14.3. The predicted octanol–water partition coefficient (Wildman–Crippen LogP) is 10.8. The van der Waals surface area contributed by atoms with Crippen LogP contribution in [-0.2, 0) is 14.4 Å². The summed E-state index contributed by atoms with van der Waals surface area (Å²) in [6, 6.07) is 12.9. The van der Waals surface area contributed by atoms with E-state index >= 15 is 0 Å². The Balaban J connectivity index is 1.61. The number of carbonyl (C=O) groups excluding carboxylic acids is 3. The molecule has 0 unspecified atom stereocenters. The molecular formula is C45H57N3O9. The van der Waals surface area contributed by atoms with Crippen molar-refractivity contribution in [1.29, 1.82) is 0 Å². The van der Waals surface area contributed by atoms with Gasteiger partial charge in [-0.3, -0.25) is 14.4 Å². The summed E-state index contributed by atoms with van der Waals surface area (Å²) in [4.78, 5) is 51.1. The van der Waals surface area contributed by atoms with Gasteiger partial charge in [0.15, 0.2) is 17.5 Å². The number of phenolic OH excluding ortho intramolecular Hbond substituents is 3. The van der Waals surface area contributed by atoms with Crippen molar-refractivity contribution in [3.05, 3.63) is 54.6 Å². The molecule has 0 saturated heterocycles. The Kier molecular flexibility index (Phi) is 18.2. The van der Waals surface area contributed by atoms with Crippen LogP contribution in [0.25, 0.3) is 34.2 Å². The fourth-order valence-corrected chi connectivity index (χ4v) is 6.20. The number of rotatable bonds is 24. The summed E-state index contributed by atoms with van der Waals surface area (Å²) < 4.78 is 16.4. The Morgan fingerprint density at radius 1 is 0.421 bits per heavy atom.